The zero-order valence-corrected chi connectivity index (χ0v) is 11.1. The van der Waals surface area contributed by atoms with Gasteiger partial charge < -0.3 is 9.88 Å². The quantitative estimate of drug-likeness (QED) is 0.875. The van der Waals surface area contributed by atoms with E-state index in [1.54, 1.807) is 0 Å². The summed E-state index contributed by atoms with van der Waals surface area (Å²) in [6, 6.07) is 0.712. The van der Waals surface area contributed by atoms with Crippen LogP contribution in [0.4, 0.5) is 0 Å². The van der Waals surface area contributed by atoms with Gasteiger partial charge in [0.15, 0.2) is 0 Å². The summed E-state index contributed by atoms with van der Waals surface area (Å²) in [5.74, 6) is 3.36. The molecule has 0 unspecified atom stereocenters. The van der Waals surface area contributed by atoms with E-state index in [2.05, 4.69) is 39.2 Å². The van der Waals surface area contributed by atoms with Crippen LogP contribution in [0.2, 0.25) is 0 Å². The van der Waals surface area contributed by atoms with Crippen molar-refractivity contribution in [2.45, 2.75) is 37.6 Å². The molecule has 1 N–H and O–H groups in total. The van der Waals surface area contributed by atoms with E-state index in [9.17, 15) is 0 Å². The number of nitrogens with zero attached hydrogens (tertiary/aromatic N) is 2. The minimum absolute atomic E-state index is 0.712. The minimum atomic E-state index is 0.712. The molecule has 0 bridgehead atoms. The van der Waals surface area contributed by atoms with Gasteiger partial charge >= 0.3 is 0 Å². The highest BCUT2D eigenvalue weighted by molar-refractivity contribution is 7.99. The second-order valence-corrected chi connectivity index (χ2v) is 6.32. The van der Waals surface area contributed by atoms with E-state index >= 15 is 0 Å². The summed E-state index contributed by atoms with van der Waals surface area (Å²) in [6.45, 7) is 2.33. The molecule has 0 aromatic carbocycles. The zero-order chi connectivity index (χ0) is 11.5. The van der Waals surface area contributed by atoms with E-state index in [1.165, 1.54) is 42.9 Å². The highest BCUT2D eigenvalue weighted by Crippen LogP contribution is 2.32. The van der Waals surface area contributed by atoms with Gasteiger partial charge in [0, 0.05) is 23.9 Å². The van der Waals surface area contributed by atoms with Crippen molar-refractivity contribution in [1.29, 1.82) is 0 Å². The Balaban J connectivity index is 1.77. The monoisotopic (exact) mass is 251 g/mol. The summed E-state index contributed by atoms with van der Waals surface area (Å²) in [7, 11) is 0. The summed E-state index contributed by atoms with van der Waals surface area (Å²) in [5, 5.41) is 3.44. The standard InChI is InChI=1S/C13H21N3S/c1-5-14-6-2-11(1)13-9-15-10-16(13)12-3-7-17-8-4-12/h9-12,14H,1-8H2. The predicted molar refractivity (Wildman–Crippen MR) is 72.7 cm³/mol. The highest BCUT2D eigenvalue weighted by atomic mass is 32.2. The molecule has 0 amide bonds. The van der Waals surface area contributed by atoms with Gasteiger partial charge in [0.25, 0.3) is 0 Å². The van der Waals surface area contributed by atoms with Crippen LogP contribution in [0.3, 0.4) is 0 Å². The molecule has 3 rings (SSSR count). The van der Waals surface area contributed by atoms with Crippen LogP contribution in [0.25, 0.3) is 0 Å². The molecule has 0 aliphatic carbocycles. The van der Waals surface area contributed by atoms with Gasteiger partial charge in [0.05, 0.1) is 6.33 Å². The van der Waals surface area contributed by atoms with Crippen molar-refractivity contribution < 1.29 is 0 Å². The van der Waals surface area contributed by atoms with Crippen LogP contribution >= 0.6 is 11.8 Å². The van der Waals surface area contributed by atoms with Crippen molar-refractivity contribution in [3.05, 3.63) is 18.2 Å². The van der Waals surface area contributed by atoms with Gasteiger partial charge in [-0.2, -0.15) is 11.8 Å². The van der Waals surface area contributed by atoms with Crippen molar-refractivity contribution in [3.8, 4) is 0 Å². The Bertz CT molecular complexity index is 319. The lowest BCUT2D eigenvalue weighted by atomic mass is 9.94. The average Bonchev–Trinajstić information content (AvgIpc) is 2.90. The van der Waals surface area contributed by atoms with Crippen LogP contribution < -0.4 is 5.32 Å². The number of rotatable bonds is 2. The molecule has 1 aromatic heterocycles. The molecule has 3 nitrogen and oxygen atoms in total. The first-order valence-electron chi connectivity index (χ1n) is 6.75. The Morgan fingerprint density at radius 2 is 1.94 bits per heavy atom. The topological polar surface area (TPSA) is 29.9 Å². The molecule has 0 spiro atoms. The molecule has 94 valence electrons. The first-order chi connectivity index (χ1) is 8.45. The van der Waals surface area contributed by atoms with E-state index in [-0.39, 0.29) is 0 Å². The largest absolute Gasteiger partial charge is 0.331 e. The molecule has 0 saturated carbocycles. The third-order valence-electron chi connectivity index (χ3n) is 4.04. The SMILES string of the molecule is c1ncn(C2CCSCC2)c1C1CCNCC1. The van der Waals surface area contributed by atoms with E-state index < -0.39 is 0 Å². The van der Waals surface area contributed by atoms with Crippen molar-refractivity contribution in [2.75, 3.05) is 24.6 Å². The van der Waals surface area contributed by atoms with E-state index in [4.69, 9.17) is 0 Å². The van der Waals surface area contributed by atoms with Gasteiger partial charge in [-0.3, -0.25) is 0 Å². The molecule has 17 heavy (non-hydrogen) atoms. The second kappa shape index (κ2) is 5.44. The van der Waals surface area contributed by atoms with Crippen LogP contribution in [-0.4, -0.2) is 34.1 Å². The molecule has 4 heteroatoms. The maximum Gasteiger partial charge on any atom is 0.0950 e. The fourth-order valence-corrected chi connectivity index (χ4v) is 4.10. The van der Waals surface area contributed by atoms with Crippen LogP contribution in [0.15, 0.2) is 12.5 Å². The van der Waals surface area contributed by atoms with Gasteiger partial charge in [-0.25, -0.2) is 4.98 Å². The van der Waals surface area contributed by atoms with E-state index in [0.717, 1.165) is 19.0 Å². The molecular weight excluding hydrogens is 230 g/mol. The second-order valence-electron chi connectivity index (χ2n) is 5.09. The van der Waals surface area contributed by atoms with E-state index in [1.807, 2.05) is 0 Å². The fraction of sp³-hybridized carbons (Fsp3) is 0.769. The Kier molecular flexibility index (Phi) is 3.71. The molecule has 1 aromatic rings. The van der Waals surface area contributed by atoms with Gasteiger partial charge in [-0.05, 0) is 50.3 Å². The zero-order valence-electron chi connectivity index (χ0n) is 10.3. The number of nitrogens with one attached hydrogen (secondary N) is 1. The molecule has 0 radical (unpaired) electrons. The van der Waals surface area contributed by atoms with Crippen LogP contribution in [-0.2, 0) is 0 Å². The van der Waals surface area contributed by atoms with Gasteiger partial charge in [-0.1, -0.05) is 0 Å². The first kappa shape index (κ1) is 11.6. The molecule has 2 fully saturated rings. The van der Waals surface area contributed by atoms with Crippen LogP contribution in [0.5, 0.6) is 0 Å². The molecule has 3 heterocycles. The average molecular weight is 251 g/mol. The normalized spacial score (nSPS) is 24.0. The Labute approximate surface area is 107 Å². The summed E-state index contributed by atoms with van der Waals surface area (Å²) in [5.41, 5.74) is 1.49. The maximum atomic E-state index is 4.41. The predicted octanol–water partition coefficient (Wildman–Crippen LogP) is 2.42. The molecule has 2 aliphatic rings. The lowest BCUT2D eigenvalue weighted by molar-refractivity contribution is 0.401. The third kappa shape index (κ3) is 2.52. The minimum Gasteiger partial charge on any atom is -0.331 e. The number of imidazole rings is 1. The van der Waals surface area contributed by atoms with Crippen molar-refractivity contribution >= 4 is 11.8 Å². The van der Waals surface area contributed by atoms with E-state index in [0.29, 0.717) is 6.04 Å². The number of piperidine rings is 1. The molecule has 0 atom stereocenters. The summed E-state index contributed by atoms with van der Waals surface area (Å²) >= 11 is 2.09. The maximum absolute atomic E-state index is 4.41. The van der Waals surface area contributed by atoms with Crippen molar-refractivity contribution in [3.63, 3.8) is 0 Å². The van der Waals surface area contributed by atoms with Gasteiger partial charge in [0.1, 0.15) is 0 Å². The lowest BCUT2D eigenvalue weighted by Gasteiger charge is -2.29. The molecule has 2 saturated heterocycles. The highest BCUT2D eigenvalue weighted by Gasteiger charge is 2.23. The van der Waals surface area contributed by atoms with Crippen molar-refractivity contribution in [1.82, 2.24) is 14.9 Å². The number of thioether (sulfide) groups is 1. The summed E-state index contributed by atoms with van der Waals surface area (Å²) < 4.78 is 2.48. The number of hydrogen-bond acceptors (Lipinski definition) is 3. The summed E-state index contributed by atoms with van der Waals surface area (Å²) in [4.78, 5) is 4.41. The molecule has 2 aliphatic heterocycles. The smallest absolute Gasteiger partial charge is 0.0950 e. The molecular formula is C13H21N3S. The Morgan fingerprint density at radius 3 is 2.71 bits per heavy atom. The fourth-order valence-electron chi connectivity index (χ4n) is 3.02. The number of aromatic nitrogens is 2. The Hall–Kier alpha value is -0.480. The van der Waals surface area contributed by atoms with Crippen LogP contribution in [0, 0.1) is 0 Å². The van der Waals surface area contributed by atoms with Gasteiger partial charge in [-0.15, -0.1) is 0 Å². The van der Waals surface area contributed by atoms with Gasteiger partial charge in [0.2, 0.25) is 0 Å². The van der Waals surface area contributed by atoms with Crippen molar-refractivity contribution in [2.24, 2.45) is 0 Å². The van der Waals surface area contributed by atoms with Crippen LogP contribution in [0.1, 0.15) is 43.3 Å². The number of hydrogen-bond donors (Lipinski definition) is 1. The Morgan fingerprint density at radius 1 is 1.18 bits per heavy atom. The third-order valence-corrected chi connectivity index (χ3v) is 5.09. The summed E-state index contributed by atoms with van der Waals surface area (Å²) in [6.07, 6.45) is 9.36. The lowest BCUT2D eigenvalue weighted by Crippen LogP contribution is -2.28. The first-order valence-corrected chi connectivity index (χ1v) is 7.91.